The number of hydrogen-bond acceptors (Lipinski definition) is 5. The molecule has 6 rings (SSSR count). The third kappa shape index (κ3) is 2.98. The summed E-state index contributed by atoms with van der Waals surface area (Å²) in [6.07, 6.45) is 5.80. The Labute approximate surface area is 178 Å². The van der Waals surface area contributed by atoms with E-state index in [0.29, 0.717) is 24.5 Å². The van der Waals surface area contributed by atoms with Gasteiger partial charge in [0.1, 0.15) is 18.0 Å². The van der Waals surface area contributed by atoms with Crippen LogP contribution in [0.4, 0.5) is 0 Å². The molecule has 4 aromatic rings. The van der Waals surface area contributed by atoms with Crippen LogP contribution in [0.5, 0.6) is 5.75 Å². The molecule has 0 fully saturated rings. The maximum atomic E-state index is 12.2. The molecule has 0 unspecified atom stereocenters. The third-order valence-electron chi connectivity index (χ3n) is 6.09. The molecule has 2 N–H and O–H groups in total. The van der Waals surface area contributed by atoms with Gasteiger partial charge in [0, 0.05) is 47.6 Å². The van der Waals surface area contributed by atoms with E-state index in [1.54, 1.807) is 0 Å². The molecule has 0 bridgehead atoms. The average molecular weight is 414 g/mol. The molecule has 2 aliphatic rings. The maximum absolute atomic E-state index is 12.2. The summed E-state index contributed by atoms with van der Waals surface area (Å²) in [4.78, 5) is 22.5. The van der Waals surface area contributed by atoms with Gasteiger partial charge in [-0.15, -0.1) is 0 Å². The topological polar surface area (TPSA) is 88.1 Å². The van der Waals surface area contributed by atoms with Crippen LogP contribution in [0.2, 0.25) is 0 Å². The Bertz CT molecular complexity index is 1320. The summed E-state index contributed by atoms with van der Waals surface area (Å²) in [5.74, 6) is 0.512. The summed E-state index contributed by atoms with van der Waals surface area (Å²) in [5, 5.41) is 8.45. The molecule has 156 valence electrons. The lowest BCUT2D eigenvalue weighted by molar-refractivity contribution is 0.0957. The third-order valence-corrected chi connectivity index (χ3v) is 6.09. The Morgan fingerprint density at radius 1 is 1.06 bits per heavy atom. The summed E-state index contributed by atoms with van der Waals surface area (Å²) < 4.78 is 7.89. The molecule has 0 spiro atoms. The van der Waals surface area contributed by atoms with Crippen LogP contribution < -0.4 is 10.1 Å². The summed E-state index contributed by atoms with van der Waals surface area (Å²) in [6.45, 7) is 3.75. The fraction of sp³-hybridized carbons (Fsp3) is 0.261. The number of ether oxygens (including phenoxy) is 1. The minimum atomic E-state index is -0.0992. The van der Waals surface area contributed by atoms with E-state index in [1.165, 1.54) is 5.69 Å². The second-order valence-corrected chi connectivity index (χ2v) is 8.10. The van der Waals surface area contributed by atoms with Crippen LogP contribution in [-0.4, -0.2) is 57.3 Å². The molecular weight excluding hydrogens is 392 g/mol. The number of aromatic amines is 1. The number of fused-ring (bicyclic) bond motifs is 3. The summed E-state index contributed by atoms with van der Waals surface area (Å²) in [6, 6.07) is 7.89. The molecule has 31 heavy (non-hydrogen) atoms. The van der Waals surface area contributed by atoms with Gasteiger partial charge in [-0.2, -0.15) is 5.10 Å². The fourth-order valence-corrected chi connectivity index (χ4v) is 4.42. The first-order valence-corrected chi connectivity index (χ1v) is 10.4. The zero-order chi connectivity index (χ0) is 20.9. The molecule has 8 heteroatoms. The molecular formula is C23H22N6O2. The number of H-pyrrole nitrogens is 1. The number of carbonyl (C=O) groups is 1. The normalized spacial score (nSPS) is 16.4. The van der Waals surface area contributed by atoms with Crippen molar-refractivity contribution in [1.29, 1.82) is 0 Å². The molecule has 0 atom stereocenters. The van der Waals surface area contributed by atoms with Crippen molar-refractivity contribution in [1.82, 2.24) is 30.0 Å². The number of carbonyl (C=O) groups excluding carboxylic acids is 1. The molecule has 0 saturated heterocycles. The van der Waals surface area contributed by atoms with Gasteiger partial charge in [0.05, 0.1) is 30.5 Å². The highest BCUT2D eigenvalue weighted by atomic mass is 16.5. The first-order valence-electron chi connectivity index (χ1n) is 10.4. The smallest absolute Gasteiger partial charge is 0.255 e. The molecule has 0 aliphatic carbocycles. The lowest BCUT2D eigenvalue weighted by Gasteiger charge is -2.24. The number of likely N-dealkylation sites (N-methyl/N-ethyl adjacent to an activating group) is 1. The van der Waals surface area contributed by atoms with Gasteiger partial charge in [-0.3, -0.25) is 14.4 Å². The van der Waals surface area contributed by atoms with Gasteiger partial charge in [-0.05, 0) is 30.8 Å². The summed E-state index contributed by atoms with van der Waals surface area (Å²) >= 11 is 0. The molecule has 8 nitrogen and oxygen atoms in total. The van der Waals surface area contributed by atoms with E-state index in [1.807, 2.05) is 36.8 Å². The van der Waals surface area contributed by atoms with E-state index in [9.17, 15) is 4.79 Å². The van der Waals surface area contributed by atoms with Gasteiger partial charge >= 0.3 is 0 Å². The van der Waals surface area contributed by atoms with E-state index in [-0.39, 0.29) is 5.91 Å². The van der Waals surface area contributed by atoms with Gasteiger partial charge in [0.15, 0.2) is 0 Å². The number of benzene rings is 1. The highest BCUT2D eigenvalue weighted by Gasteiger charge is 2.21. The summed E-state index contributed by atoms with van der Waals surface area (Å²) in [7, 11) is 2.13. The van der Waals surface area contributed by atoms with Crippen molar-refractivity contribution in [3.63, 3.8) is 0 Å². The Balaban J connectivity index is 1.45. The van der Waals surface area contributed by atoms with Crippen molar-refractivity contribution in [2.75, 3.05) is 26.7 Å². The SMILES string of the molecule is CN1CCn2ncc(-c3cnc4[nH]cc(-c5ccc6c(c5)OCCNC6=O)c4c3)c2C1. The molecule has 2 aliphatic heterocycles. The number of nitrogens with one attached hydrogen (secondary N) is 2. The standard InChI is InChI=1S/C23H22N6O2/c1-28-5-6-29-20(13-28)19(12-27-29)15-8-17-18(11-26-22(17)25-10-15)14-2-3-16-21(9-14)31-7-4-24-23(16)30/h2-3,8-12H,4-7,13H2,1H3,(H,24,30)(H,25,26). The number of pyridine rings is 1. The van der Waals surface area contributed by atoms with E-state index in [0.717, 1.165) is 52.9 Å². The highest BCUT2D eigenvalue weighted by molar-refractivity contribution is 6.00. The maximum Gasteiger partial charge on any atom is 0.255 e. The van der Waals surface area contributed by atoms with E-state index in [4.69, 9.17) is 4.74 Å². The second kappa shape index (κ2) is 6.95. The van der Waals surface area contributed by atoms with Crippen molar-refractivity contribution in [2.45, 2.75) is 13.1 Å². The lowest BCUT2D eigenvalue weighted by Crippen LogP contribution is -2.30. The monoisotopic (exact) mass is 414 g/mol. The predicted octanol–water partition coefficient (Wildman–Crippen LogP) is 2.66. The van der Waals surface area contributed by atoms with Gasteiger partial charge in [0.2, 0.25) is 0 Å². The largest absolute Gasteiger partial charge is 0.491 e. The Morgan fingerprint density at radius 2 is 2.00 bits per heavy atom. The van der Waals surface area contributed by atoms with Gasteiger partial charge < -0.3 is 15.0 Å². The highest BCUT2D eigenvalue weighted by Crippen LogP contribution is 2.35. The van der Waals surface area contributed by atoms with Crippen molar-refractivity contribution in [3.8, 4) is 28.0 Å². The molecule has 0 radical (unpaired) electrons. The van der Waals surface area contributed by atoms with E-state index in [2.05, 4.69) is 43.1 Å². The Hall–Kier alpha value is -3.65. The second-order valence-electron chi connectivity index (χ2n) is 8.10. The van der Waals surface area contributed by atoms with Crippen molar-refractivity contribution in [2.24, 2.45) is 0 Å². The van der Waals surface area contributed by atoms with Crippen LogP contribution >= 0.6 is 0 Å². The number of amides is 1. The minimum Gasteiger partial charge on any atom is -0.491 e. The quantitative estimate of drug-likeness (QED) is 0.527. The van der Waals surface area contributed by atoms with Gasteiger partial charge in [0.25, 0.3) is 5.91 Å². The average Bonchev–Trinajstić information content (AvgIpc) is 3.34. The fourth-order valence-electron chi connectivity index (χ4n) is 4.42. The number of rotatable bonds is 2. The van der Waals surface area contributed by atoms with Crippen LogP contribution in [0.1, 0.15) is 16.1 Å². The van der Waals surface area contributed by atoms with Crippen LogP contribution in [0.25, 0.3) is 33.3 Å². The van der Waals surface area contributed by atoms with Crippen LogP contribution in [0.3, 0.4) is 0 Å². The van der Waals surface area contributed by atoms with Gasteiger partial charge in [-0.25, -0.2) is 4.98 Å². The van der Waals surface area contributed by atoms with Crippen molar-refractivity contribution >= 4 is 16.9 Å². The first kappa shape index (κ1) is 18.1. The Kier molecular flexibility index (Phi) is 4.07. The van der Waals surface area contributed by atoms with Crippen molar-refractivity contribution < 1.29 is 9.53 Å². The first-order chi connectivity index (χ1) is 15.2. The van der Waals surface area contributed by atoms with E-state index >= 15 is 0 Å². The van der Waals surface area contributed by atoms with Crippen LogP contribution in [0.15, 0.2) is 42.9 Å². The van der Waals surface area contributed by atoms with E-state index < -0.39 is 0 Å². The predicted molar refractivity (Wildman–Crippen MR) is 117 cm³/mol. The molecule has 0 saturated carbocycles. The molecule has 5 heterocycles. The molecule has 1 amide bonds. The van der Waals surface area contributed by atoms with Crippen LogP contribution in [0, 0.1) is 0 Å². The van der Waals surface area contributed by atoms with Gasteiger partial charge in [-0.1, -0.05) is 6.07 Å². The molecule has 3 aromatic heterocycles. The molecule has 1 aromatic carbocycles. The summed E-state index contributed by atoms with van der Waals surface area (Å²) in [5.41, 5.74) is 6.79. The Morgan fingerprint density at radius 3 is 2.94 bits per heavy atom. The minimum absolute atomic E-state index is 0.0992. The lowest BCUT2D eigenvalue weighted by atomic mass is 10.0. The number of nitrogens with zero attached hydrogens (tertiary/aromatic N) is 4. The zero-order valence-corrected chi connectivity index (χ0v) is 17.2. The number of hydrogen-bond donors (Lipinski definition) is 2. The van der Waals surface area contributed by atoms with Crippen molar-refractivity contribution in [3.05, 3.63) is 54.1 Å². The van der Waals surface area contributed by atoms with Crippen LogP contribution in [-0.2, 0) is 13.1 Å². The zero-order valence-electron chi connectivity index (χ0n) is 17.2. The number of aromatic nitrogens is 4.